The second kappa shape index (κ2) is 4.74. The van der Waals surface area contributed by atoms with E-state index >= 15 is 0 Å². The number of rotatable bonds is 1. The summed E-state index contributed by atoms with van der Waals surface area (Å²) in [5, 5.41) is 11.8. The molecule has 2 rings (SSSR count). The minimum atomic E-state index is -0.623. The number of carbonyl (C=O) groups is 1. The molecule has 0 atom stereocenters. The van der Waals surface area contributed by atoms with Gasteiger partial charge in [-0.3, -0.25) is 0 Å². The highest BCUT2D eigenvalue weighted by Crippen LogP contribution is 2.35. The van der Waals surface area contributed by atoms with Crippen LogP contribution in [-0.4, -0.2) is 16.7 Å². The lowest BCUT2D eigenvalue weighted by atomic mass is 10.0. The summed E-state index contributed by atoms with van der Waals surface area (Å²) in [5.41, 5.74) is -0.541. The molecular weight excluding hydrogens is 264 g/mol. The summed E-state index contributed by atoms with van der Waals surface area (Å²) in [5.74, 6) is -0.688. The Morgan fingerprint density at radius 3 is 2.37 bits per heavy atom. The van der Waals surface area contributed by atoms with Crippen LogP contribution in [0, 0.1) is 0 Å². The van der Waals surface area contributed by atoms with Crippen LogP contribution < -0.4 is 0 Å². The summed E-state index contributed by atoms with van der Waals surface area (Å²) >= 11 is 6.13. The lowest BCUT2D eigenvalue weighted by Crippen LogP contribution is -2.24. The monoisotopic (exact) mass is 278 g/mol. The summed E-state index contributed by atoms with van der Waals surface area (Å²) in [6.07, 6.45) is 0. The number of hydrogen-bond donors (Lipinski definition) is 1. The number of carbonyl (C=O) groups excluding carboxylic acids is 1. The molecule has 0 bridgehead atoms. The highest BCUT2D eigenvalue weighted by Gasteiger charge is 2.22. The normalized spacial score (nSPS) is 11.6. The Balaban J connectivity index is 2.56. The molecule has 0 unspecified atom stereocenters. The summed E-state index contributed by atoms with van der Waals surface area (Å²) in [4.78, 5) is 12.0. The molecule has 0 aliphatic rings. The zero-order valence-corrected chi connectivity index (χ0v) is 11.8. The Labute approximate surface area is 116 Å². The first-order chi connectivity index (χ1) is 8.79. The van der Waals surface area contributed by atoms with Crippen molar-refractivity contribution in [3.63, 3.8) is 0 Å². The van der Waals surface area contributed by atoms with Crippen molar-refractivity contribution in [1.82, 2.24) is 0 Å². The van der Waals surface area contributed by atoms with Crippen molar-refractivity contribution in [3.05, 3.63) is 40.9 Å². The van der Waals surface area contributed by atoms with Gasteiger partial charge in [0.2, 0.25) is 0 Å². The highest BCUT2D eigenvalue weighted by atomic mass is 35.5. The predicted molar refractivity (Wildman–Crippen MR) is 75.8 cm³/mol. The molecule has 0 spiro atoms. The largest absolute Gasteiger partial charge is 0.506 e. The second-order valence-electron chi connectivity index (χ2n) is 5.30. The number of aromatic hydroxyl groups is 1. The SMILES string of the molecule is CC(C)(C)OC(=O)c1cc(Cl)c2ccccc2c1O. The maximum absolute atomic E-state index is 12.0. The van der Waals surface area contributed by atoms with Gasteiger partial charge in [0.05, 0.1) is 0 Å². The van der Waals surface area contributed by atoms with E-state index in [1.165, 1.54) is 6.07 Å². The van der Waals surface area contributed by atoms with Gasteiger partial charge in [0.25, 0.3) is 0 Å². The maximum Gasteiger partial charge on any atom is 0.342 e. The number of hydrogen-bond acceptors (Lipinski definition) is 3. The molecule has 0 heterocycles. The topological polar surface area (TPSA) is 46.5 Å². The lowest BCUT2D eigenvalue weighted by Gasteiger charge is -2.20. The van der Waals surface area contributed by atoms with Crippen molar-refractivity contribution in [2.75, 3.05) is 0 Å². The van der Waals surface area contributed by atoms with Gasteiger partial charge in [0.1, 0.15) is 16.9 Å². The van der Waals surface area contributed by atoms with Crippen LogP contribution in [0.4, 0.5) is 0 Å². The molecular formula is C15H15ClO3. The fourth-order valence-corrected chi connectivity index (χ4v) is 2.08. The molecule has 2 aromatic carbocycles. The summed E-state index contributed by atoms with van der Waals surface area (Å²) in [6.45, 7) is 5.31. The van der Waals surface area contributed by atoms with E-state index in [0.717, 1.165) is 0 Å². The van der Waals surface area contributed by atoms with Gasteiger partial charge in [-0.05, 0) is 26.8 Å². The second-order valence-corrected chi connectivity index (χ2v) is 5.71. The molecule has 0 saturated carbocycles. The summed E-state index contributed by atoms with van der Waals surface area (Å²) in [6, 6.07) is 8.53. The van der Waals surface area contributed by atoms with E-state index in [1.807, 2.05) is 6.07 Å². The Bertz CT molecular complexity index is 642. The summed E-state index contributed by atoms with van der Waals surface area (Å²) < 4.78 is 5.25. The number of esters is 1. The van der Waals surface area contributed by atoms with Crippen molar-refractivity contribution in [1.29, 1.82) is 0 Å². The van der Waals surface area contributed by atoms with Crippen LogP contribution >= 0.6 is 11.6 Å². The van der Waals surface area contributed by atoms with E-state index in [9.17, 15) is 9.90 Å². The van der Waals surface area contributed by atoms with E-state index in [0.29, 0.717) is 15.8 Å². The minimum absolute atomic E-state index is 0.0821. The quantitative estimate of drug-likeness (QED) is 0.797. The predicted octanol–water partition coefficient (Wildman–Crippen LogP) is 4.15. The first-order valence-electron chi connectivity index (χ1n) is 5.93. The zero-order valence-electron chi connectivity index (χ0n) is 11.0. The van der Waals surface area contributed by atoms with Crippen molar-refractivity contribution >= 4 is 28.3 Å². The molecule has 0 aliphatic carbocycles. The van der Waals surface area contributed by atoms with Crippen LogP contribution in [-0.2, 0) is 4.74 Å². The first-order valence-corrected chi connectivity index (χ1v) is 6.31. The third kappa shape index (κ3) is 2.82. The molecule has 100 valence electrons. The van der Waals surface area contributed by atoms with Crippen LogP contribution in [0.5, 0.6) is 5.75 Å². The Kier molecular flexibility index (Phi) is 3.42. The van der Waals surface area contributed by atoms with Gasteiger partial charge >= 0.3 is 5.97 Å². The van der Waals surface area contributed by atoms with Gasteiger partial charge in [-0.25, -0.2) is 4.79 Å². The molecule has 2 aromatic rings. The van der Waals surface area contributed by atoms with E-state index in [2.05, 4.69) is 0 Å². The van der Waals surface area contributed by atoms with E-state index in [1.54, 1.807) is 39.0 Å². The van der Waals surface area contributed by atoms with Crippen molar-refractivity contribution < 1.29 is 14.6 Å². The molecule has 0 aliphatic heterocycles. The molecule has 0 radical (unpaired) electrons. The van der Waals surface area contributed by atoms with Gasteiger partial charge in [-0.2, -0.15) is 0 Å². The third-order valence-corrected chi connectivity index (χ3v) is 2.90. The number of phenolic OH excluding ortho intramolecular Hbond substituents is 1. The molecule has 0 fully saturated rings. The molecule has 4 heteroatoms. The number of phenols is 1. The molecule has 0 amide bonds. The fraction of sp³-hybridized carbons (Fsp3) is 0.267. The average Bonchev–Trinajstić information content (AvgIpc) is 2.31. The van der Waals surface area contributed by atoms with Crippen LogP contribution in [0.25, 0.3) is 10.8 Å². The van der Waals surface area contributed by atoms with Gasteiger partial charge in [-0.1, -0.05) is 35.9 Å². The number of benzene rings is 2. The third-order valence-electron chi connectivity index (χ3n) is 2.58. The van der Waals surface area contributed by atoms with E-state index in [-0.39, 0.29) is 11.3 Å². The smallest absolute Gasteiger partial charge is 0.342 e. The Morgan fingerprint density at radius 2 is 1.79 bits per heavy atom. The number of fused-ring (bicyclic) bond motifs is 1. The molecule has 1 N–H and O–H groups in total. The van der Waals surface area contributed by atoms with Crippen LogP contribution in [0.2, 0.25) is 5.02 Å². The maximum atomic E-state index is 12.0. The summed E-state index contributed by atoms with van der Waals surface area (Å²) in [7, 11) is 0. The van der Waals surface area contributed by atoms with Crippen LogP contribution in [0.3, 0.4) is 0 Å². The fourth-order valence-electron chi connectivity index (χ4n) is 1.80. The first kappa shape index (κ1) is 13.7. The standard InChI is InChI=1S/C15H15ClO3/c1-15(2,3)19-14(18)11-8-12(16)9-6-4-5-7-10(9)13(11)17/h4-8,17H,1-3H3. The molecule has 0 saturated heterocycles. The minimum Gasteiger partial charge on any atom is -0.506 e. The van der Waals surface area contributed by atoms with Crippen molar-refractivity contribution in [2.45, 2.75) is 26.4 Å². The Morgan fingerprint density at radius 1 is 1.21 bits per heavy atom. The van der Waals surface area contributed by atoms with Crippen LogP contribution in [0.15, 0.2) is 30.3 Å². The molecule has 3 nitrogen and oxygen atoms in total. The van der Waals surface area contributed by atoms with E-state index < -0.39 is 11.6 Å². The van der Waals surface area contributed by atoms with Gasteiger partial charge < -0.3 is 9.84 Å². The molecule has 19 heavy (non-hydrogen) atoms. The average molecular weight is 279 g/mol. The van der Waals surface area contributed by atoms with Gasteiger partial charge in [0, 0.05) is 15.8 Å². The van der Waals surface area contributed by atoms with E-state index in [4.69, 9.17) is 16.3 Å². The van der Waals surface area contributed by atoms with Gasteiger partial charge in [-0.15, -0.1) is 0 Å². The zero-order chi connectivity index (χ0) is 14.2. The van der Waals surface area contributed by atoms with Crippen LogP contribution in [0.1, 0.15) is 31.1 Å². The Hall–Kier alpha value is -1.74. The van der Waals surface area contributed by atoms with Crippen molar-refractivity contribution in [3.8, 4) is 5.75 Å². The highest BCUT2D eigenvalue weighted by molar-refractivity contribution is 6.36. The lowest BCUT2D eigenvalue weighted by molar-refractivity contribution is 0.00671. The van der Waals surface area contributed by atoms with Gasteiger partial charge in [0.15, 0.2) is 0 Å². The number of ether oxygens (including phenoxy) is 1. The van der Waals surface area contributed by atoms with Crippen molar-refractivity contribution in [2.24, 2.45) is 0 Å². The number of halogens is 1. The molecule has 0 aromatic heterocycles.